The number of amides is 4. The molecule has 0 aromatic heterocycles. The van der Waals surface area contributed by atoms with Crippen LogP contribution in [0.3, 0.4) is 0 Å². The van der Waals surface area contributed by atoms with E-state index in [9.17, 15) is 14.4 Å². The summed E-state index contributed by atoms with van der Waals surface area (Å²) in [6.45, 7) is 0.790. The highest BCUT2D eigenvalue weighted by Gasteiger charge is 2.42. The molecule has 0 saturated carbocycles. The number of ether oxygens (including phenoxy) is 2. The fraction of sp³-hybridized carbons (Fsp3) is 0.400. The summed E-state index contributed by atoms with van der Waals surface area (Å²) in [5.41, 5.74) is 0. The van der Waals surface area contributed by atoms with Crippen molar-refractivity contribution in [3.8, 4) is 11.5 Å². The molecule has 2 aliphatic rings. The Bertz CT molecular complexity index is 648. The zero-order valence-electron chi connectivity index (χ0n) is 12.7. The van der Waals surface area contributed by atoms with E-state index < -0.39 is 6.04 Å². The lowest BCUT2D eigenvalue weighted by atomic mass is 10.2. The van der Waals surface area contributed by atoms with Gasteiger partial charge in [-0.3, -0.25) is 14.9 Å². The number of carbonyl (C=O) groups excluding carboxylic acids is 3. The van der Waals surface area contributed by atoms with Crippen molar-refractivity contribution >= 4 is 17.8 Å². The Hall–Kier alpha value is -2.77. The molecule has 1 N–H and O–H groups in total. The van der Waals surface area contributed by atoms with E-state index >= 15 is 0 Å². The average Bonchev–Trinajstić information content (AvgIpc) is 2.86. The summed E-state index contributed by atoms with van der Waals surface area (Å²) in [6, 6.07) is 5.98. The van der Waals surface area contributed by atoms with Gasteiger partial charge in [0.05, 0.1) is 13.7 Å². The van der Waals surface area contributed by atoms with Crippen molar-refractivity contribution in [2.75, 3.05) is 33.4 Å². The molecule has 2 aliphatic heterocycles. The first-order chi connectivity index (χ1) is 11.1. The summed E-state index contributed by atoms with van der Waals surface area (Å²) < 4.78 is 10.6. The first kappa shape index (κ1) is 15.1. The standard InChI is InChI=1S/C15H17N3O5/c1-22-10-3-2-4-11(7-10)23-9-13(19)17-5-6-18-12(8-17)14(20)16-15(18)21/h2-4,7,12H,5-6,8-9H2,1H3,(H,16,20,21). The van der Waals surface area contributed by atoms with Gasteiger partial charge in [-0.1, -0.05) is 6.07 Å². The monoisotopic (exact) mass is 319 g/mol. The van der Waals surface area contributed by atoms with Gasteiger partial charge in [-0.15, -0.1) is 0 Å². The van der Waals surface area contributed by atoms with Crippen LogP contribution in [-0.4, -0.2) is 67.0 Å². The number of rotatable bonds is 4. The lowest BCUT2D eigenvalue weighted by molar-refractivity contribution is -0.137. The van der Waals surface area contributed by atoms with Crippen molar-refractivity contribution < 1.29 is 23.9 Å². The third-order valence-corrected chi connectivity index (χ3v) is 3.93. The van der Waals surface area contributed by atoms with Crippen LogP contribution in [0.5, 0.6) is 11.5 Å². The van der Waals surface area contributed by atoms with Crippen LogP contribution < -0.4 is 14.8 Å². The number of hydrogen-bond acceptors (Lipinski definition) is 5. The van der Waals surface area contributed by atoms with Crippen molar-refractivity contribution in [1.82, 2.24) is 15.1 Å². The fourth-order valence-electron chi connectivity index (χ4n) is 2.66. The second-order valence-electron chi connectivity index (χ2n) is 5.31. The molecule has 1 unspecified atom stereocenters. The molecule has 3 rings (SSSR count). The van der Waals surface area contributed by atoms with Crippen molar-refractivity contribution in [2.24, 2.45) is 0 Å². The number of carbonyl (C=O) groups is 3. The third-order valence-electron chi connectivity index (χ3n) is 3.93. The first-order valence-electron chi connectivity index (χ1n) is 7.24. The van der Waals surface area contributed by atoms with Crippen molar-refractivity contribution in [3.05, 3.63) is 24.3 Å². The number of nitrogens with one attached hydrogen (secondary N) is 1. The fourth-order valence-corrected chi connectivity index (χ4v) is 2.66. The van der Waals surface area contributed by atoms with Crippen LogP contribution in [0.25, 0.3) is 0 Å². The maximum Gasteiger partial charge on any atom is 0.324 e. The maximum absolute atomic E-state index is 12.2. The van der Waals surface area contributed by atoms with Gasteiger partial charge in [-0.05, 0) is 12.1 Å². The normalized spacial score (nSPS) is 20.1. The minimum atomic E-state index is -0.600. The third kappa shape index (κ3) is 3.05. The summed E-state index contributed by atoms with van der Waals surface area (Å²) in [4.78, 5) is 38.4. The number of methoxy groups -OCH3 is 1. The molecule has 1 aromatic carbocycles. The zero-order chi connectivity index (χ0) is 16.4. The van der Waals surface area contributed by atoms with E-state index in [0.29, 0.717) is 24.6 Å². The van der Waals surface area contributed by atoms with Gasteiger partial charge in [-0.2, -0.15) is 0 Å². The Morgan fingerprint density at radius 2 is 2.09 bits per heavy atom. The minimum absolute atomic E-state index is 0.130. The molecule has 2 saturated heterocycles. The number of benzene rings is 1. The van der Waals surface area contributed by atoms with Crippen LogP contribution >= 0.6 is 0 Å². The van der Waals surface area contributed by atoms with Gasteiger partial charge in [0.25, 0.3) is 11.8 Å². The Morgan fingerprint density at radius 3 is 2.87 bits per heavy atom. The largest absolute Gasteiger partial charge is 0.497 e. The maximum atomic E-state index is 12.2. The molecule has 2 heterocycles. The number of nitrogens with zero attached hydrogens (tertiary/aromatic N) is 2. The van der Waals surface area contributed by atoms with Crippen LogP contribution in [0.15, 0.2) is 24.3 Å². The lowest BCUT2D eigenvalue weighted by Gasteiger charge is -2.35. The molecule has 4 amide bonds. The zero-order valence-corrected chi connectivity index (χ0v) is 12.7. The predicted octanol–water partition coefficient (Wildman–Crippen LogP) is -0.163. The predicted molar refractivity (Wildman–Crippen MR) is 79.1 cm³/mol. The summed E-state index contributed by atoms with van der Waals surface area (Å²) >= 11 is 0. The highest BCUT2D eigenvalue weighted by molar-refractivity contribution is 6.04. The van der Waals surface area contributed by atoms with Gasteiger partial charge in [0, 0.05) is 19.2 Å². The summed E-state index contributed by atoms with van der Waals surface area (Å²) in [5, 5.41) is 2.25. The summed E-state index contributed by atoms with van der Waals surface area (Å²) in [5.74, 6) is 0.593. The molecule has 8 nitrogen and oxygen atoms in total. The minimum Gasteiger partial charge on any atom is -0.497 e. The summed E-state index contributed by atoms with van der Waals surface area (Å²) in [7, 11) is 1.55. The Labute approximate surface area is 132 Å². The molecule has 1 atom stereocenters. The van der Waals surface area contributed by atoms with E-state index in [4.69, 9.17) is 9.47 Å². The van der Waals surface area contributed by atoms with Crippen LogP contribution in [0.2, 0.25) is 0 Å². The average molecular weight is 319 g/mol. The number of urea groups is 1. The quantitative estimate of drug-likeness (QED) is 0.779. The molecule has 2 fully saturated rings. The number of piperazine rings is 1. The van der Waals surface area contributed by atoms with E-state index in [1.807, 2.05) is 0 Å². The smallest absolute Gasteiger partial charge is 0.324 e. The van der Waals surface area contributed by atoms with Gasteiger partial charge in [0.2, 0.25) is 0 Å². The van der Waals surface area contributed by atoms with Gasteiger partial charge >= 0.3 is 6.03 Å². The lowest BCUT2D eigenvalue weighted by Crippen LogP contribution is -2.55. The van der Waals surface area contributed by atoms with E-state index in [-0.39, 0.29) is 31.0 Å². The molecule has 122 valence electrons. The van der Waals surface area contributed by atoms with Crippen LogP contribution in [-0.2, 0) is 9.59 Å². The molecule has 8 heteroatoms. The van der Waals surface area contributed by atoms with E-state index in [1.165, 1.54) is 4.90 Å². The van der Waals surface area contributed by atoms with Gasteiger partial charge < -0.3 is 19.3 Å². The number of fused-ring (bicyclic) bond motifs is 1. The van der Waals surface area contributed by atoms with E-state index in [0.717, 1.165) is 0 Å². The van der Waals surface area contributed by atoms with Crippen molar-refractivity contribution in [3.63, 3.8) is 0 Å². The molecular weight excluding hydrogens is 302 g/mol. The Kier molecular flexibility index (Phi) is 4.05. The second-order valence-corrected chi connectivity index (χ2v) is 5.31. The van der Waals surface area contributed by atoms with Gasteiger partial charge in [0.15, 0.2) is 6.61 Å². The highest BCUT2D eigenvalue weighted by atomic mass is 16.5. The van der Waals surface area contributed by atoms with Gasteiger partial charge in [0.1, 0.15) is 17.5 Å². The van der Waals surface area contributed by atoms with E-state index in [2.05, 4.69) is 5.32 Å². The van der Waals surface area contributed by atoms with Crippen molar-refractivity contribution in [2.45, 2.75) is 6.04 Å². The molecule has 23 heavy (non-hydrogen) atoms. The molecule has 1 aromatic rings. The number of imide groups is 1. The molecule has 0 spiro atoms. The SMILES string of the molecule is COc1cccc(OCC(=O)N2CCN3C(=O)NC(=O)C3C2)c1. The Morgan fingerprint density at radius 1 is 1.30 bits per heavy atom. The first-order valence-corrected chi connectivity index (χ1v) is 7.24. The summed E-state index contributed by atoms with van der Waals surface area (Å²) in [6.07, 6.45) is 0. The van der Waals surface area contributed by atoms with E-state index in [1.54, 1.807) is 36.3 Å². The Balaban J connectivity index is 1.56. The van der Waals surface area contributed by atoms with Crippen molar-refractivity contribution in [1.29, 1.82) is 0 Å². The topological polar surface area (TPSA) is 88.2 Å². The number of hydrogen-bond donors (Lipinski definition) is 1. The van der Waals surface area contributed by atoms with Crippen LogP contribution in [0, 0.1) is 0 Å². The highest BCUT2D eigenvalue weighted by Crippen LogP contribution is 2.19. The molecule has 0 bridgehead atoms. The van der Waals surface area contributed by atoms with Crippen LogP contribution in [0.4, 0.5) is 4.79 Å². The molecular formula is C15H17N3O5. The van der Waals surface area contributed by atoms with Crippen LogP contribution in [0.1, 0.15) is 0 Å². The molecule has 0 aliphatic carbocycles. The second kappa shape index (κ2) is 6.15. The molecule has 0 radical (unpaired) electrons. The van der Waals surface area contributed by atoms with Gasteiger partial charge in [-0.25, -0.2) is 4.79 Å².